The van der Waals surface area contributed by atoms with Crippen LogP contribution in [0.4, 0.5) is 0 Å². The Morgan fingerprint density at radius 1 is 1.40 bits per heavy atom. The largest absolute Gasteiger partial charge is 0.143 e. The van der Waals surface area contributed by atoms with Crippen molar-refractivity contribution in [2.45, 2.75) is 0 Å². The van der Waals surface area contributed by atoms with Gasteiger partial charge in [0.05, 0.1) is 0 Å². The SMILES string of the molecule is Clc1ccc2sc[c]c2c1. The molecule has 0 saturated carbocycles. The molecule has 10 heavy (non-hydrogen) atoms. The molecule has 1 radical (unpaired) electrons. The summed E-state index contributed by atoms with van der Waals surface area (Å²) in [5, 5.41) is 3.83. The number of fused-ring (bicyclic) bond motifs is 1. The third kappa shape index (κ3) is 0.917. The van der Waals surface area contributed by atoms with Crippen molar-refractivity contribution in [2.24, 2.45) is 0 Å². The van der Waals surface area contributed by atoms with Crippen molar-refractivity contribution in [3.8, 4) is 0 Å². The molecule has 2 rings (SSSR count). The highest BCUT2D eigenvalue weighted by Gasteiger charge is 1.93. The molecule has 0 atom stereocenters. The molecule has 0 fully saturated rings. The first-order chi connectivity index (χ1) is 4.86. The zero-order valence-electron chi connectivity index (χ0n) is 5.10. The van der Waals surface area contributed by atoms with Gasteiger partial charge >= 0.3 is 0 Å². The van der Waals surface area contributed by atoms with Crippen molar-refractivity contribution in [2.75, 3.05) is 0 Å². The van der Waals surface area contributed by atoms with Crippen molar-refractivity contribution < 1.29 is 0 Å². The Morgan fingerprint density at radius 3 is 3.20 bits per heavy atom. The zero-order chi connectivity index (χ0) is 6.97. The van der Waals surface area contributed by atoms with Crippen LogP contribution in [0.25, 0.3) is 10.1 Å². The summed E-state index contributed by atoms with van der Waals surface area (Å²) in [5.74, 6) is 0. The summed E-state index contributed by atoms with van der Waals surface area (Å²) in [6.45, 7) is 0. The first-order valence-electron chi connectivity index (χ1n) is 2.91. The summed E-state index contributed by atoms with van der Waals surface area (Å²) in [5.41, 5.74) is 0. The molecule has 0 unspecified atom stereocenters. The molecule has 0 aliphatic rings. The Labute approximate surface area is 68.1 Å². The van der Waals surface area contributed by atoms with E-state index in [-0.39, 0.29) is 0 Å². The van der Waals surface area contributed by atoms with E-state index in [1.165, 1.54) is 4.70 Å². The van der Waals surface area contributed by atoms with Gasteiger partial charge in [-0.2, -0.15) is 0 Å². The monoisotopic (exact) mass is 167 g/mol. The molecule has 0 saturated heterocycles. The molecule has 1 aromatic heterocycles. The first kappa shape index (κ1) is 6.20. The van der Waals surface area contributed by atoms with Crippen molar-refractivity contribution in [1.29, 1.82) is 0 Å². The van der Waals surface area contributed by atoms with E-state index < -0.39 is 0 Å². The Kier molecular flexibility index (Phi) is 1.40. The van der Waals surface area contributed by atoms with E-state index in [1.807, 2.05) is 23.6 Å². The molecular weight excluding hydrogens is 164 g/mol. The molecule has 2 heteroatoms. The number of hydrogen-bond donors (Lipinski definition) is 0. The number of halogens is 1. The van der Waals surface area contributed by atoms with E-state index in [0.717, 1.165) is 10.4 Å². The summed E-state index contributed by atoms with van der Waals surface area (Å²) in [6.07, 6.45) is 0. The standard InChI is InChI=1S/C8H4ClS/c9-7-1-2-8-6(5-7)3-4-10-8/h1-2,4-5H. The highest BCUT2D eigenvalue weighted by molar-refractivity contribution is 7.17. The lowest BCUT2D eigenvalue weighted by Gasteiger charge is -1.87. The van der Waals surface area contributed by atoms with Gasteiger partial charge < -0.3 is 0 Å². The minimum atomic E-state index is 0.780. The van der Waals surface area contributed by atoms with Crippen LogP contribution in [0.2, 0.25) is 5.02 Å². The molecule has 0 aliphatic heterocycles. The number of rotatable bonds is 0. The second-order valence-electron chi connectivity index (χ2n) is 2.02. The van der Waals surface area contributed by atoms with Crippen LogP contribution in [-0.2, 0) is 0 Å². The van der Waals surface area contributed by atoms with E-state index in [1.54, 1.807) is 11.3 Å². The van der Waals surface area contributed by atoms with Crippen LogP contribution in [0.3, 0.4) is 0 Å². The smallest absolute Gasteiger partial charge is 0.0413 e. The van der Waals surface area contributed by atoms with Gasteiger partial charge in [-0.25, -0.2) is 0 Å². The first-order valence-corrected chi connectivity index (χ1v) is 4.16. The summed E-state index contributed by atoms with van der Waals surface area (Å²) in [6, 6.07) is 8.93. The predicted molar refractivity (Wildman–Crippen MR) is 45.7 cm³/mol. The average Bonchev–Trinajstić information content (AvgIpc) is 2.33. The summed E-state index contributed by atoms with van der Waals surface area (Å²) >= 11 is 7.44. The minimum Gasteiger partial charge on any atom is -0.143 e. The lowest BCUT2D eigenvalue weighted by atomic mass is 10.3. The molecular formula is C8H4ClS. The van der Waals surface area contributed by atoms with Crippen molar-refractivity contribution in [3.05, 3.63) is 34.7 Å². The minimum absolute atomic E-state index is 0.780. The molecule has 0 aliphatic carbocycles. The predicted octanol–water partition coefficient (Wildman–Crippen LogP) is 3.35. The van der Waals surface area contributed by atoms with Gasteiger partial charge in [0.15, 0.2) is 0 Å². The van der Waals surface area contributed by atoms with Crippen molar-refractivity contribution in [1.82, 2.24) is 0 Å². The molecule has 1 heterocycles. The van der Waals surface area contributed by atoms with Crippen molar-refractivity contribution in [3.63, 3.8) is 0 Å². The summed E-state index contributed by atoms with van der Waals surface area (Å²) < 4.78 is 1.24. The second-order valence-corrected chi connectivity index (χ2v) is 3.37. The maximum absolute atomic E-state index is 5.76. The fourth-order valence-corrected chi connectivity index (χ4v) is 1.75. The van der Waals surface area contributed by atoms with E-state index in [9.17, 15) is 0 Å². The Morgan fingerprint density at radius 2 is 2.30 bits per heavy atom. The van der Waals surface area contributed by atoms with E-state index >= 15 is 0 Å². The molecule has 2 aromatic rings. The normalized spacial score (nSPS) is 10.5. The van der Waals surface area contributed by atoms with Crippen LogP contribution < -0.4 is 0 Å². The van der Waals surface area contributed by atoms with Crippen molar-refractivity contribution >= 4 is 33.0 Å². The van der Waals surface area contributed by atoms with Gasteiger partial charge in [-0.15, -0.1) is 11.3 Å². The summed E-state index contributed by atoms with van der Waals surface area (Å²) in [7, 11) is 0. The Bertz CT molecular complexity index is 351. The van der Waals surface area contributed by atoms with Gasteiger partial charge in [0.2, 0.25) is 0 Å². The molecule has 0 nitrogen and oxygen atoms in total. The van der Waals surface area contributed by atoms with Crippen LogP contribution in [0.5, 0.6) is 0 Å². The highest BCUT2D eigenvalue weighted by atomic mass is 35.5. The fourth-order valence-electron chi connectivity index (χ4n) is 0.874. The molecule has 0 bridgehead atoms. The maximum Gasteiger partial charge on any atom is 0.0413 e. The van der Waals surface area contributed by atoms with Crippen LogP contribution in [-0.4, -0.2) is 0 Å². The topological polar surface area (TPSA) is 0 Å². The Balaban J connectivity index is 2.86. The average molecular weight is 168 g/mol. The van der Waals surface area contributed by atoms with Gasteiger partial charge in [-0.3, -0.25) is 0 Å². The van der Waals surface area contributed by atoms with E-state index in [4.69, 9.17) is 11.6 Å². The molecule has 1 aromatic carbocycles. The number of benzene rings is 1. The molecule has 0 spiro atoms. The van der Waals surface area contributed by atoms with Gasteiger partial charge in [0.1, 0.15) is 0 Å². The number of hydrogen-bond acceptors (Lipinski definition) is 1. The van der Waals surface area contributed by atoms with Gasteiger partial charge in [0, 0.05) is 21.2 Å². The van der Waals surface area contributed by atoms with Crippen LogP contribution in [0, 0.1) is 6.07 Å². The van der Waals surface area contributed by atoms with E-state index in [2.05, 4.69) is 6.07 Å². The van der Waals surface area contributed by atoms with E-state index in [0.29, 0.717) is 0 Å². The second kappa shape index (κ2) is 2.26. The van der Waals surface area contributed by atoms with Gasteiger partial charge in [-0.1, -0.05) is 11.6 Å². The zero-order valence-corrected chi connectivity index (χ0v) is 6.67. The molecule has 0 amide bonds. The highest BCUT2D eigenvalue weighted by Crippen LogP contribution is 2.22. The van der Waals surface area contributed by atoms with Gasteiger partial charge in [0.25, 0.3) is 0 Å². The number of thiophene rings is 1. The third-order valence-corrected chi connectivity index (χ3v) is 2.42. The quantitative estimate of drug-likeness (QED) is 0.565. The fraction of sp³-hybridized carbons (Fsp3) is 0. The maximum atomic E-state index is 5.76. The van der Waals surface area contributed by atoms with Crippen LogP contribution in [0.15, 0.2) is 23.6 Å². The lowest BCUT2D eigenvalue weighted by Crippen LogP contribution is -1.61. The summed E-state index contributed by atoms with van der Waals surface area (Å²) in [4.78, 5) is 0. The third-order valence-electron chi connectivity index (χ3n) is 1.34. The van der Waals surface area contributed by atoms with Gasteiger partial charge in [-0.05, 0) is 23.6 Å². The molecule has 49 valence electrons. The van der Waals surface area contributed by atoms with Crippen LogP contribution >= 0.6 is 22.9 Å². The lowest BCUT2D eigenvalue weighted by molar-refractivity contribution is 1.84. The van der Waals surface area contributed by atoms with Crippen LogP contribution in [0.1, 0.15) is 0 Å². The molecule has 0 N–H and O–H groups in total. The Hall–Kier alpha value is -0.530.